The van der Waals surface area contributed by atoms with Crippen LogP contribution in [0.4, 0.5) is 8.78 Å². The van der Waals surface area contributed by atoms with Gasteiger partial charge in [0.25, 0.3) is 0 Å². The van der Waals surface area contributed by atoms with Crippen molar-refractivity contribution in [3.8, 4) is 0 Å². The number of carbonyl (C=O) groups excluding carboxylic acids is 1. The third-order valence-corrected chi connectivity index (χ3v) is 2.92. The normalized spacial score (nSPS) is 11.2. The fourth-order valence-corrected chi connectivity index (χ4v) is 2.01. The molecule has 0 spiro atoms. The topological polar surface area (TPSA) is 57.3 Å². The van der Waals surface area contributed by atoms with Gasteiger partial charge >= 0.3 is 12.5 Å². The summed E-state index contributed by atoms with van der Waals surface area (Å²) in [4.78, 5) is 15.7. The lowest BCUT2D eigenvalue weighted by molar-refractivity contribution is 0.0358. The van der Waals surface area contributed by atoms with Gasteiger partial charge in [0.1, 0.15) is 6.61 Å². The monoisotopic (exact) mass is 292 g/mol. The van der Waals surface area contributed by atoms with Crippen LogP contribution in [0, 0.1) is 0 Å². The number of furan rings is 1. The molecule has 0 bridgehead atoms. The summed E-state index contributed by atoms with van der Waals surface area (Å²) in [6, 6.07) is 9.45. The van der Waals surface area contributed by atoms with E-state index in [1.54, 1.807) is 18.2 Å². The van der Waals surface area contributed by atoms with Gasteiger partial charge in [-0.2, -0.15) is 8.78 Å². The van der Waals surface area contributed by atoms with Crippen molar-refractivity contribution < 1.29 is 22.7 Å². The Morgan fingerprint density at radius 1 is 1.29 bits per heavy atom. The van der Waals surface area contributed by atoms with Gasteiger partial charge in [-0.15, -0.1) is 0 Å². The highest BCUT2D eigenvalue weighted by atomic mass is 19.3. The van der Waals surface area contributed by atoms with Crippen molar-refractivity contribution in [1.29, 1.82) is 0 Å². The number of hydrogen-bond acceptors (Lipinski definition) is 4. The van der Waals surface area contributed by atoms with E-state index in [4.69, 9.17) is 9.15 Å². The highest BCUT2D eigenvalue weighted by molar-refractivity contribution is 5.86. The SMILES string of the molecule is O=C(OCc1nc2ccccc2n1C(F)F)c1ccco1. The van der Waals surface area contributed by atoms with E-state index in [2.05, 4.69) is 4.98 Å². The molecule has 0 atom stereocenters. The summed E-state index contributed by atoms with van der Waals surface area (Å²) in [5, 5.41) is 0. The number of ether oxygens (including phenoxy) is 1. The molecule has 3 rings (SSSR count). The zero-order valence-corrected chi connectivity index (χ0v) is 10.7. The van der Waals surface area contributed by atoms with Crippen LogP contribution in [-0.2, 0) is 11.3 Å². The molecule has 2 heterocycles. The Bertz CT molecular complexity index is 766. The molecule has 0 amide bonds. The van der Waals surface area contributed by atoms with Gasteiger partial charge in [-0.1, -0.05) is 12.1 Å². The number of halogens is 2. The standard InChI is InChI=1S/C14H10F2N2O3/c15-14(16)18-10-5-2-1-4-9(10)17-12(18)8-21-13(19)11-6-3-7-20-11/h1-7,14H,8H2. The van der Waals surface area contributed by atoms with Crippen LogP contribution in [0.15, 0.2) is 47.1 Å². The van der Waals surface area contributed by atoms with Crippen molar-refractivity contribution >= 4 is 17.0 Å². The first-order valence-corrected chi connectivity index (χ1v) is 6.11. The first-order chi connectivity index (χ1) is 10.2. The largest absolute Gasteiger partial charge is 0.457 e. The molecule has 0 saturated carbocycles. The third-order valence-electron chi connectivity index (χ3n) is 2.92. The van der Waals surface area contributed by atoms with E-state index in [9.17, 15) is 13.6 Å². The maximum absolute atomic E-state index is 13.2. The average Bonchev–Trinajstić information content (AvgIpc) is 3.11. The lowest BCUT2D eigenvalue weighted by atomic mass is 10.3. The molecule has 0 radical (unpaired) electrons. The van der Waals surface area contributed by atoms with E-state index < -0.39 is 12.5 Å². The number of carbonyl (C=O) groups is 1. The summed E-state index contributed by atoms with van der Waals surface area (Å²) in [5.74, 6) is -0.742. The number of hydrogen-bond donors (Lipinski definition) is 0. The minimum absolute atomic E-state index is 0.00899. The van der Waals surface area contributed by atoms with Gasteiger partial charge in [0.2, 0.25) is 5.76 Å². The van der Waals surface area contributed by atoms with E-state index >= 15 is 0 Å². The summed E-state index contributed by atoms with van der Waals surface area (Å²) in [6.45, 7) is -3.13. The van der Waals surface area contributed by atoms with Gasteiger partial charge < -0.3 is 9.15 Å². The average molecular weight is 292 g/mol. The Morgan fingerprint density at radius 3 is 2.81 bits per heavy atom. The van der Waals surface area contributed by atoms with Crippen molar-refractivity contribution in [3.63, 3.8) is 0 Å². The molecule has 0 N–H and O–H groups in total. The Morgan fingerprint density at radius 2 is 2.10 bits per heavy atom. The quantitative estimate of drug-likeness (QED) is 0.692. The van der Waals surface area contributed by atoms with Gasteiger partial charge in [-0.25, -0.2) is 9.78 Å². The number of aromatic nitrogens is 2. The van der Waals surface area contributed by atoms with E-state index in [0.29, 0.717) is 5.52 Å². The molecule has 108 valence electrons. The van der Waals surface area contributed by atoms with Gasteiger partial charge in [0.15, 0.2) is 5.82 Å². The minimum atomic E-state index is -2.77. The van der Waals surface area contributed by atoms with Crippen molar-refractivity contribution in [3.05, 3.63) is 54.2 Å². The van der Waals surface area contributed by atoms with Gasteiger partial charge in [0, 0.05) is 0 Å². The molecule has 0 aliphatic carbocycles. The fourth-order valence-electron chi connectivity index (χ4n) is 2.01. The number of alkyl halides is 2. The number of para-hydroxylation sites is 2. The molecule has 0 unspecified atom stereocenters. The van der Waals surface area contributed by atoms with Crippen LogP contribution in [0.1, 0.15) is 22.9 Å². The molecular formula is C14H10F2N2O3. The molecule has 2 aromatic heterocycles. The highest BCUT2D eigenvalue weighted by Gasteiger charge is 2.19. The van der Waals surface area contributed by atoms with Crippen LogP contribution in [0.2, 0.25) is 0 Å². The van der Waals surface area contributed by atoms with E-state index in [-0.39, 0.29) is 23.7 Å². The van der Waals surface area contributed by atoms with Gasteiger partial charge in [0.05, 0.1) is 17.3 Å². The van der Waals surface area contributed by atoms with Crippen LogP contribution < -0.4 is 0 Å². The first kappa shape index (κ1) is 13.3. The summed E-state index contributed by atoms with van der Waals surface area (Å²) in [7, 11) is 0. The third kappa shape index (κ3) is 2.49. The second-order valence-electron chi connectivity index (χ2n) is 4.22. The highest BCUT2D eigenvalue weighted by Crippen LogP contribution is 2.23. The van der Waals surface area contributed by atoms with Crippen LogP contribution in [0.3, 0.4) is 0 Å². The molecule has 0 saturated heterocycles. The number of imidazole rings is 1. The van der Waals surface area contributed by atoms with E-state index in [1.165, 1.54) is 24.5 Å². The molecule has 0 aliphatic heterocycles. The summed E-state index contributed by atoms with van der Waals surface area (Å²) >= 11 is 0. The smallest absolute Gasteiger partial charge is 0.374 e. The Hall–Kier alpha value is -2.70. The second-order valence-corrected chi connectivity index (χ2v) is 4.22. The molecule has 21 heavy (non-hydrogen) atoms. The number of nitrogens with zero attached hydrogens (tertiary/aromatic N) is 2. The van der Waals surface area contributed by atoms with Crippen LogP contribution >= 0.6 is 0 Å². The minimum Gasteiger partial charge on any atom is -0.457 e. The molecular weight excluding hydrogens is 282 g/mol. The lowest BCUT2D eigenvalue weighted by Gasteiger charge is -2.07. The summed E-state index contributed by atoms with van der Waals surface area (Å²) in [5.41, 5.74) is 0.707. The zero-order chi connectivity index (χ0) is 14.8. The number of fused-ring (bicyclic) bond motifs is 1. The second kappa shape index (κ2) is 5.35. The van der Waals surface area contributed by atoms with E-state index in [0.717, 1.165) is 4.57 Å². The fraction of sp³-hybridized carbons (Fsp3) is 0.143. The predicted octanol–water partition coefficient (Wildman–Crippen LogP) is 3.38. The van der Waals surface area contributed by atoms with Crippen molar-refractivity contribution in [2.75, 3.05) is 0 Å². The van der Waals surface area contributed by atoms with Crippen LogP contribution in [0.5, 0.6) is 0 Å². The number of benzene rings is 1. The van der Waals surface area contributed by atoms with Gasteiger partial charge in [-0.05, 0) is 24.3 Å². The maximum Gasteiger partial charge on any atom is 0.374 e. The molecule has 0 aliphatic rings. The maximum atomic E-state index is 13.2. The van der Waals surface area contributed by atoms with Crippen LogP contribution in [0.25, 0.3) is 11.0 Å². The lowest BCUT2D eigenvalue weighted by Crippen LogP contribution is -2.10. The zero-order valence-electron chi connectivity index (χ0n) is 10.7. The molecule has 5 nitrogen and oxygen atoms in total. The summed E-state index contributed by atoms with van der Waals surface area (Å²) in [6.07, 6.45) is 1.32. The van der Waals surface area contributed by atoms with Crippen molar-refractivity contribution in [1.82, 2.24) is 9.55 Å². The molecule has 0 fully saturated rings. The van der Waals surface area contributed by atoms with Crippen molar-refractivity contribution in [2.45, 2.75) is 13.2 Å². The van der Waals surface area contributed by atoms with Crippen LogP contribution in [-0.4, -0.2) is 15.5 Å². The predicted molar refractivity (Wildman–Crippen MR) is 68.8 cm³/mol. The van der Waals surface area contributed by atoms with E-state index in [1.807, 2.05) is 0 Å². The Balaban J connectivity index is 1.86. The Labute approximate surface area is 117 Å². The molecule has 1 aromatic carbocycles. The first-order valence-electron chi connectivity index (χ1n) is 6.11. The molecule has 7 heteroatoms. The number of esters is 1. The summed E-state index contributed by atoms with van der Waals surface area (Å²) < 4.78 is 36.9. The van der Waals surface area contributed by atoms with Crippen molar-refractivity contribution in [2.24, 2.45) is 0 Å². The van der Waals surface area contributed by atoms with Gasteiger partial charge in [-0.3, -0.25) is 4.57 Å². The number of rotatable bonds is 4. The molecule has 3 aromatic rings. The Kier molecular flexibility index (Phi) is 3.39.